The SMILES string of the molecule is O=C(Nc1ccc(N2CCC(NCC3CCOCC3)CC2)cc1)c1ccccc1F. The predicted molar refractivity (Wildman–Crippen MR) is 118 cm³/mol. The quantitative estimate of drug-likeness (QED) is 0.753. The molecule has 2 aromatic rings. The van der Waals surface area contributed by atoms with E-state index < -0.39 is 11.7 Å². The van der Waals surface area contributed by atoms with Crippen LogP contribution in [0.3, 0.4) is 0 Å². The fraction of sp³-hybridized carbons (Fsp3) is 0.458. The highest BCUT2D eigenvalue weighted by Gasteiger charge is 2.21. The summed E-state index contributed by atoms with van der Waals surface area (Å²) in [6.07, 6.45) is 4.61. The maximum Gasteiger partial charge on any atom is 0.258 e. The van der Waals surface area contributed by atoms with Crippen molar-refractivity contribution in [1.82, 2.24) is 5.32 Å². The maximum atomic E-state index is 13.8. The molecule has 6 heteroatoms. The van der Waals surface area contributed by atoms with Gasteiger partial charge in [0, 0.05) is 43.7 Å². The third-order valence-corrected chi connectivity index (χ3v) is 6.14. The molecule has 0 atom stereocenters. The second kappa shape index (κ2) is 10.0. The number of carbonyl (C=O) groups is 1. The summed E-state index contributed by atoms with van der Waals surface area (Å²) >= 11 is 0. The molecule has 30 heavy (non-hydrogen) atoms. The summed E-state index contributed by atoms with van der Waals surface area (Å²) < 4.78 is 19.2. The van der Waals surface area contributed by atoms with Gasteiger partial charge in [0.1, 0.15) is 5.82 Å². The van der Waals surface area contributed by atoms with E-state index in [9.17, 15) is 9.18 Å². The lowest BCUT2D eigenvalue weighted by Gasteiger charge is -2.35. The van der Waals surface area contributed by atoms with Gasteiger partial charge < -0.3 is 20.3 Å². The number of nitrogens with zero attached hydrogens (tertiary/aromatic N) is 1. The first kappa shape index (κ1) is 20.8. The number of rotatable bonds is 6. The first-order chi connectivity index (χ1) is 14.7. The summed E-state index contributed by atoms with van der Waals surface area (Å²) in [5.41, 5.74) is 1.87. The van der Waals surface area contributed by atoms with Gasteiger partial charge in [-0.15, -0.1) is 0 Å². The smallest absolute Gasteiger partial charge is 0.258 e. The summed E-state index contributed by atoms with van der Waals surface area (Å²) in [6, 6.07) is 14.4. The molecule has 1 amide bonds. The number of halogens is 1. The van der Waals surface area contributed by atoms with Crippen LogP contribution in [0, 0.1) is 11.7 Å². The lowest BCUT2D eigenvalue weighted by atomic mass is 9.98. The molecule has 2 heterocycles. The average molecular weight is 412 g/mol. The van der Waals surface area contributed by atoms with E-state index in [2.05, 4.69) is 15.5 Å². The Labute approximate surface area is 177 Å². The van der Waals surface area contributed by atoms with Gasteiger partial charge >= 0.3 is 0 Å². The molecular formula is C24H30FN3O2. The molecule has 0 aromatic heterocycles. The molecule has 0 saturated carbocycles. The molecular weight excluding hydrogens is 381 g/mol. The number of hydrogen-bond donors (Lipinski definition) is 2. The van der Waals surface area contributed by atoms with Crippen LogP contribution in [0.1, 0.15) is 36.0 Å². The topological polar surface area (TPSA) is 53.6 Å². The minimum Gasteiger partial charge on any atom is -0.381 e. The van der Waals surface area contributed by atoms with Crippen molar-refractivity contribution in [2.24, 2.45) is 5.92 Å². The third kappa shape index (κ3) is 5.37. The highest BCUT2D eigenvalue weighted by molar-refractivity contribution is 6.04. The second-order valence-corrected chi connectivity index (χ2v) is 8.21. The number of nitrogens with one attached hydrogen (secondary N) is 2. The fourth-order valence-corrected chi connectivity index (χ4v) is 4.23. The van der Waals surface area contributed by atoms with Crippen molar-refractivity contribution in [2.45, 2.75) is 31.7 Å². The number of piperidine rings is 1. The lowest BCUT2D eigenvalue weighted by molar-refractivity contribution is 0.0651. The van der Waals surface area contributed by atoms with E-state index >= 15 is 0 Å². The zero-order chi connectivity index (χ0) is 20.8. The van der Waals surface area contributed by atoms with Crippen molar-refractivity contribution in [2.75, 3.05) is 43.1 Å². The van der Waals surface area contributed by atoms with Gasteiger partial charge in [0.05, 0.1) is 5.56 Å². The Morgan fingerprint density at radius 2 is 1.70 bits per heavy atom. The summed E-state index contributed by atoms with van der Waals surface area (Å²) in [6.45, 7) is 4.95. The largest absolute Gasteiger partial charge is 0.381 e. The van der Waals surface area contributed by atoms with E-state index in [0.717, 1.165) is 57.3 Å². The minimum absolute atomic E-state index is 0.0527. The van der Waals surface area contributed by atoms with E-state index in [1.165, 1.54) is 25.0 Å². The molecule has 0 bridgehead atoms. The number of benzene rings is 2. The molecule has 2 aliphatic rings. The van der Waals surface area contributed by atoms with Crippen LogP contribution in [0.25, 0.3) is 0 Å². The summed E-state index contributed by atoms with van der Waals surface area (Å²) in [5.74, 6) is -0.193. The molecule has 4 rings (SSSR count). The summed E-state index contributed by atoms with van der Waals surface area (Å²) in [7, 11) is 0. The van der Waals surface area contributed by atoms with E-state index in [4.69, 9.17) is 4.74 Å². The summed E-state index contributed by atoms with van der Waals surface area (Å²) in [4.78, 5) is 14.6. The van der Waals surface area contributed by atoms with Gasteiger partial charge in [-0.3, -0.25) is 4.79 Å². The van der Waals surface area contributed by atoms with Crippen LogP contribution in [-0.2, 0) is 4.74 Å². The zero-order valence-electron chi connectivity index (χ0n) is 17.3. The second-order valence-electron chi connectivity index (χ2n) is 8.21. The summed E-state index contributed by atoms with van der Waals surface area (Å²) in [5, 5.41) is 6.52. The molecule has 2 saturated heterocycles. The van der Waals surface area contributed by atoms with Gasteiger partial charge in [-0.1, -0.05) is 12.1 Å². The van der Waals surface area contributed by atoms with Crippen LogP contribution >= 0.6 is 0 Å². The Balaban J connectivity index is 1.24. The van der Waals surface area contributed by atoms with Gasteiger partial charge in [-0.05, 0) is 74.5 Å². The number of anilines is 2. The minimum atomic E-state index is -0.514. The van der Waals surface area contributed by atoms with E-state index in [1.807, 2.05) is 24.3 Å². The molecule has 2 aliphatic heterocycles. The van der Waals surface area contributed by atoms with E-state index in [-0.39, 0.29) is 5.56 Å². The number of carbonyl (C=O) groups excluding carboxylic acids is 1. The van der Waals surface area contributed by atoms with Crippen LogP contribution in [0.4, 0.5) is 15.8 Å². The number of amides is 1. The van der Waals surface area contributed by atoms with Crippen molar-refractivity contribution in [3.8, 4) is 0 Å². The number of hydrogen-bond acceptors (Lipinski definition) is 4. The van der Waals surface area contributed by atoms with Crippen molar-refractivity contribution in [3.63, 3.8) is 0 Å². The Hall–Kier alpha value is -2.44. The highest BCUT2D eigenvalue weighted by Crippen LogP contribution is 2.23. The Bertz CT molecular complexity index is 829. The van der Waals surface area contributed by atoms with E-state index in [0.29, 0.717) is 11.7 Å². The molecule has 2 aromatic carbocycles. The van der Waals surface area contributed by atoms with Crippen LogP contribution in [0.15, 0.2) is 48.5 Å². The normalized spacial score (nSPS) is 18.4. The molecule has 0 unspecified atom stereocenters. The van der Waals surface area contributed by atoms with Gasteiger partial charge in [0.25, 0.3) is 5.91 Å². The molecule has 0 spiro atoms. The zero-order valence-corrected chi connectivity index (χ0v) is 17.3. The Morgan fingerprint density at radius 3 is 2.40 bits per heavy atom. The standard InChI is InChI=1S/C24H30FN3O2/c25-23-4-2-1-3-22(23)24(29)27-20-5-7-21(8-6-20)28-13-9-19(10-14-28)26-17-18-11-15-30-16-12-18/h1-8,18-19,26H,9-17H2,(H,27,29). The maximum absolute atomic E-state index is 13.8. The Morgan fingerprint density at radius 1 is 1.00 bits per heavy atom. The van der Waals surface area contributed by atoms with Gasteiger partial charge in [-0.2, -0.15) is 0 Å². The molecule has 2 fully saturated rings. The van der Waals surface area contributed by atoms with Crippen molar-refractivity contribution >= 4 is 17.3 Å². The van der Waals surface area contributed by atoms with Crippen LogP contribution < -0.4 is 15.5 Å². The fourth-order valence-electron chi connectivity index (χ4n) is 4.23. The highest BCUT2D eigenvalue weighted by atomic mass is 19.1. The molecule has 0 aliphatic carbocycles. The first-order valence-electron chi connectivity index (χ1n) is 10.9. The molecule has 160 valence electrons. The first-order valence-corrected chi connectivity index (χ1v) is 10.9. The lowest BCUT2D eigenvalue weighted by Crippen LogP contribution is -2.44. The van der Waals surface area contributed by atoms with Crippen molar-refractivity contribution < 1.29 is 13.9 Å². The predicted octanol–water partition coefficient (Wildman–Crippen LogP) is 4.06. The van der Waals surface area contributed by atoms with Crippen LogP contribution in [0.5, 0.6) is 0 Å². The van der Waals surface area contributed by atoms with E-state index in [1.54, 1.807) is 12.1 Å². The van der Waals surface area contributed by atoms with Crippen LogP contribution in [-0.4, -0.2) is 44.8 Å². The molecule has 0 radical (unpaired) electrons. The van der Waals surface area contributed by atoms with Crippen LogP contribution in [0.2, 0.25) is 0 Å². The van der Waals surface area contributed by atoms with Gasteiger partial charge in [-0.25, -0.2) is 4.39 Å². The molecule has 5 nitrogen and oxygen atoms in total. The number of ether oxygens (including phenoxy) is 1. The van der Waals surface area contributed by atoms with Crippen molar-refractivity contribution in [1.29, 1.82) is 0 Å². The van der Waals surface area contributed by atoms with Crippen molar-refractivity contribution in [3.05, 3.63) is 59.9 Å². The monoisotopic (exact) mass is 411 g/mol. The Kier molecular flexibility index (Phi) is 6.97. The average Bonchev–Trinajstić information content (AvgIpc) is 2.79. The van der Waals surface area contributed by atoms with Gasteiger partial charge in [0.2, 0.25) is 0 Å². The third-order valence-electron chi connectivity index (χ3n) is 6.14. The molecule has 2 N–H and O–H groups in total. The van der Waals surface area contributed by atoms with Gasteiger partial charge in [0.15, 0.2) is 0 Å².